The number of hydrogen-bond acceptors (Lipinski definition) is 12. The quantitative estimate of drug-likeness (QED) is 0.152. The molecular weight excluding hydrogens is 558 g/mol. The number of aromatic nitrogens is 6. The van der Waals surface area contributed by atoms with E-state index in [1.807, 2.05) is 68.5 Å². The molecule has 1 saturated heterocycles. The van der Waals surface area contributed by atoms with Gasteiger partial charge in [0.2, 0.25) is 0 Å². The molecule has 1 aliphatic rings. The summed E-state index contributed by atoms with van der Waals surface area (Å²) in [4.78, 5) is 24.6. The van der Waals surface area contributed by atoms with E-state index in [0.717, 1.165) is 47.7 Å². The Bertz CT molecular complexity index is 1800. The van der Waals surface area contributed by atoms with Crippen molar-refractivity contribution in [2.75, 3.05) is 63.4 Å². The van der Waals surface area contributed by atoms with Gasteiger partial charge in [-0.2, -0.15) is 5.10 Å². The largest absolute Gasteiger partial charge is 0.457 e. The maximum Gasteiger partial charge on any atom is 0.158 e. The lowest BCUT2D eigenvalue weighted by atomic mass is 10.0. The molecule has 1 aliphatic heterocycles. The molecule has 0 radical (unpaired) electrons. The lowest BCUT2D eigenvalue weighted by Gasteiger charge is -2.45. The number of rotatable bonds is 11. The van der Waals surface area contributed by atoms with E-state index >= 15 is 0 Å². The summed E-state index contributed by atoms with van der Waals surface area (Å²) in [6.07, 6.45) is 9.31. The average molecular weight is 596 g/mol. The van der Waals surface area contributed by atoms with Gasteiger partial charge in [0.05, 0.1) is 22.8 Å². The second-order valence-electron chi connectivity index (χ2n) is 11.4. The Kier molecular flexibility index (Phi) is 8.24. The third-order valence-electron chi connectivity index (χ3n) is 7.55. The van der Waals surface area contributed by atoms with Crippen molar-refractivity contribution in [2.45, 2.75) is 19.2 Å². The van der Waals surface area contributed by atoms with E-state index in [-0.39, 0.29) is 0 Å². The molecule has 5 heterocycles. The number of fused-ring (bicyclic) bond motifs is 2. The highest BCUT2D eigenvalue weighted by molar-refractivity contribution is 6.04. The van der Waals surface area contributed by atoms with Crippen LogP contribution in [0.4, 0.5) is 23.0 Å². The Balaban J connectivity index is 1.30. The maximum atomic E-state index is 10.8. The summed E-state index contributed by atoms with van der Waals surface area (Å²) >= 11 is 0. The van der Waals surface area contributed by atoms with Crippen LogP contribution >= 0.6 is 0 Å². The normalized spacial score (nSPS) is 14.6. The number of aliphatic hydroxyl groups excluding tert-OH is 1. The van der Waals surface area contributed by atoms with Crippen LogP contribution in [-0.4, -0.2) is 105 Å². The molecule has 5 aromatic rings. The summed E-state index contributed by atoms with van der Waals surface area (Å²) in [6, 6.07) is 10.0. The lowest BCUT2D eigenvalue weighted by molar-refractivity contribution is 0.245. The van der Waals surface area contributed by atoms with Crippen LogP contribution in [0.2, 0.25) is 0 Å². The topological polar surface area (TPSA) is 132 Å². The van der Waals surface area contributed by atoms with Gasteiger partial charge in [0, 0.05) is 43.6 Å². The fraction of sp³-hybridized carbons (Fsp3) is 0.323. The number of anilines is 4. The third-order valence-corrected chi connectivity index (χ3v) is 7.55. The number of nitrogens with zero attached hydrogens (tertiary/aromatic N) is 9. The molecule has 0 aliphatic carbocycles. The third kappa shape index (κ3) is 6.25. The highest BCUT2D eigenvalue weighted by Gasteiger charge is 2.33. The number of aryl methyl sites for hydroxylation is 1. The molecule has 0 saturated carbocycles. The van der Waals surface area contributed by atoms with Gasteiger partial charge in [0.15, 0.2) is 11.5 Å². The van der Waals surface area contributed by atoms with E-state index in [0.29, 0.717) is 34.6 Å². The Labute approximate surface area is 255 Å². The van der Waals surface area contributed by atoms with Gasteiger partial charge in [-0.05, 0) is 71.0 Å². The van der Waals surface area contributed by atoms with Crippen molar-refractivity contribution in [1.29, 1.82) is 0 Å². The molecule has 13 nitrogen and oxygen atoms in total. The summed E-state index contributed by atoms with van der Waals surface area (Å²) in [5, 5.41) is 22.4. The number of pyridine rings is 2. The fourth-order valence-electron chi connectivity index (χ4n) is 5.06. The molecular formula is C31H37N11O2. The number of likely N-dealkylation sites (N-methyl/N-ethyl adjacent to an activating group) is 2. The lowest BCUT2D eigenvalue weighted by Crippen LogP contribution is -2.57. The van der Waals surface area contributed by atoms with E-state index in [2.05, 4.69) is 59.6 Å². The zero-order valence-corrected chi connectivity index (χ0v) is 25.5. The summed E-state index contributed by atoms with van der Waals surface area (Å²) in [7, 11) is 8.13. The predicted molar refractivity (Wildman–Crippen MR) is 172 cm³/mol. The molecule has 3 N–H and O–H groups in total. The van der Waals surface area contributed by atoms with Crippen molar-refractivity contribution in [3.8, 4) is 11.5 Å². The molecule has 0 amide bonds. The predicted octanol–water partition coefficient (Wildman–Crippen LogP) is 3.51. The molecule has 1 aromatic carbocycles. The number of hydrogen-bond donors (Lipinski definition) is 3. The van der Waals surface area contributed by atoms with Gasteiger partial charge in [0.1, 0.15) is 36.2 Å². The Morgan fingerprint density at radius 3 is 2.66 bits per heavy atom. The number of ether oxygens (including phenoxy) is 1. The molecule has 1 unspecified atom stereocenters. The van der Waals surface area contributed by atoms with Crippen molar-refractivity contribution in [2.24, 2.45) is 0 Å². The molecule has 6 rings (SSSR count). The summed E-state index contributed by atoms with van der Waals surface area (Å²) in [5.74, 6) is 2.62. The van der Waals surface area contributed by atoms with Crippen LogP contribution in [0.15, 0.2) is 67.5 Å². The highest BCUT2D eigenvalue weighted by Crippen LogP contribution is 2.40. The Morgan fingerprint density at radius 2 is 1.89 bits per heavy atom. The van der Waals surface area contributed by atoms with Crippen molar-refractivity contribution >= 4 is 39.6 Å². The molecule has 0 bridgehead atoms. The zero-order valence-electron chi connectivity index (χ0n) is 25.5. The van der Waals surface area contributed by atoms with Crippen LogP contribution < -0.4 is 20.3 Å². The standard InChI is InChI=1S/C31H37N11O2/c1-20-13-21(8-9-25(20)44-23-10-12-42-26(14-23)34-19-36-42)37-30-28-24(33-18-35-30)15-32-31(38-27(43)7-6-11-39(2)3)29(28)41-16-22(17-41)40(4)5/h6-10,12-15,18-19,22,27,43H,11,16-17H2,1-5H3,(H,32,38)(H,33,35,37)/b7-6+. The average Bonchev–Trinajstić information content (AvgIpc) is 3.42. The monoisotopic (exact) mass is 595 g/mol. The maximum absolute atomic E-state index is 10.8. The van der Waals surface area contributed by atoms with E-state index in [1.54, 1.807) is 16.8 Å². The molecule has 1 atom stereocenters. The van der Waals surface area contributed by atoms with Crippen LogP contribution in [0.3, 0.4) is 0 Å². The van der Waals surface area contributed by atoms with Crippen LogP contribution in [0.1, 0.15) is 5.56 Å². The second-order valence-corrected chi connectivity index (χ2v) is 11.4. The van der Waals surface area contributed by atoms with Crippen LogP contribution in [-0.2, 0) is 0 Å². The summed E-state index contributed by atoms with van der Waals surface area (Å²) < 4.78 is 7.85. The summed E-state index contributed by atoms with van der Waals surface area (Å²) in [6.45, 7) is 4.35. The molecule has 4 aromatic heterocycles. The van der Waals surface area contributed by atoms with E-state index in [4.69, 9.17) is 4.74 Å². The Hall–Kier alpha value is -4.85. The minimum absolute atomic E-state index is 0.407. The number of benzene rings is 1. The van der Waals surface area contributed by atoms with Gasteiger partial charge in [-0.1, -0.05) is 6.08 Å². The fourth-order valence-corrected chi connectivity index (χ4v) is 5.06. The van der Waals surface area contributed by atoms with Gasteiger partial charge in [-0.3, -0.25) is 0 Å². The van der Waals surface area contributed by atoms with E-state index < -0.39 is 6.23 Å². The first kappa shape index (κ1) is 29.2. The molecule has 1 fully saturated rings. The zero-order chi connectivity index (χ0) is 30.8. The van der Waals surface area contributed by atoms with Crippen LogP contribution in [0.25, 0.3) is 16.6 Å². The Morgan fingerprint density at radius 1 is 1.05 bits per heavy atom. The summed E-state index contributed by atoms with van der Waals surface area (Å²) in [5.41, 5.74) is 4.06. The smallest absolute Gasteiger partial charge is 0.158 e. The van der Waals surface area contributed by atoms with Gasteiger partial charge in [0.25, 0.3) is 0 Å². The van der Waals surface area contributed by atoms with Crippen molar-refractivity contribution in [1.82, 2.24) is 39.3 Å². The van der Waals surface area contributed by atoms with Gasteiger partial charge >= 0.3 is 0 Å². The first-order valence-corrected chi connectivity index (χ1v) is 14.4. The first-order valence-electron chi connectivity index (χ1n) is 14.4. The first-order chi connectivity index (χ1) is 21.2. The second kappa shape index (κ2) is 12.4. The molecule has 44 heavy (non-hydrogen) atoms. The highest BCUT2D eigenvalue weighted by atomic mass is 16.5. The molecule has 0 spiro atoms. The number of aliphatic hydroxyl groups is 1. The molecule has 228 valence electrons. The minimum Gasteiger partial charge on any atom is -0.457 e. The van der Waals surface area contributed by atoms with Crippen molar-refractivity contribution in [3.63, 3.8) is 0 Å². The van der Waals surface area contributed by atoms with Crippen LogP contribution in [0.5, 0.6) is 11.5 Å². The van der Waals surface area contributed by atoms with Gasteiger partial charge in [-0.15, -0.1) is 0 Å². The van der Waals surface area contributed by atoms with Crippen molar-refractivity contribution < 1.29 is 9.84 Å². The van der Waals surface area contributed by atoms with E-state index in [9.17, 15) is 5.11 Å². The number of nitrogens with one attached hydrogen (secondary N) is 2. The SMILES string of the molecule is Cc1cc(Nc2ncnc3cnc(NC(O)/C=C/CN(C)C)c(N4CC(N(C)C)C4)c23)ccc1Oc1ccn2ncnc2c1. The van der Waals surface area contributed by atoms with Crippen LogP contribution in [0, 0.1) is 6.92 Å². The van der Waals surface area contributed by atoms with Gasteiger partial charge in [-0.25, -0.2) is 24.5 Å². The van der Waals surface area contributed by atoms with Gasteiger partial charge < -0.3 is 35.2 Å². The van der Waals surface area contributed by atoms with E-state index in [1.165, 1.54) is 12.7 Å². The molecule has 13 heteroatoms. The van der Waals surface area contributed by atoms with Crippen molar-refractivity contribution in [3.05, 3.63) is 73.1 Å². The minimum atomic E-state index is -0.911.